The Kier molecular flexibility index (Phi) is 5.67. The van der Waals surface area contributed by atoms with Crippen LogP contribution in [-0.4, -0.2) is 30.2 Å². The van der Waals surface area contributed by atoms with E-state index < -0.39 is 0 Å². The summed E-state index contributed by atoms with van der Waals surface area (Å²) in [6, 6.07) is 7.39. The molecule has 0 unspecified atom stereocenters. The van der Waals surface area contributed by atoms with E-state index in [0.717, 1.165) is 22.1 Å². The minimum absolute atomic E-state index is 0.153. The van der Waals surface area contributed by atoms with Crippen molar-refractivity contribution in [3.05, 3.63) is 50.3 Å². The highest BCUT2D eigenvalue weighted by Crippen LogP contribution is 2.22. The lowest BCUT2D eigenvalue weighted by Crippen LogP contribution is -2.21. The van der Waals surface area contributed by atoms with Gasteiger partial charge in [0.2, 0.25) is 0 Å². The van der Waals surface area contributed by atoms with Crippen molar-refractivity contribution in [2.75, 3.05) is 20.3 Å². The number of methoxy groups -OCH3 is 1. The molecule has 6 heteroatoms. The van der Waals surface area contributed by atoms with Crippen LogP contribution in [0.5, 0.6) is 0 Å². The Morgan fingerprint density at radius 1 is 1.38 bits per heavy atom. The minimum atomic E-state index is -0.153. The third-order valence-electron chi connectivity index (χ3n) is 3.03. The van der Waals surface area contributed by atoms with Gasteiger partial charge in [0.15, 0.2) is 0 Å². The highest BCUT2D eigenvalue weighted by atomic mass is 79.9. The number of H-pyrrole nitrogens is 1. The van der Waals surface area contributed by atoms with E-state index in [1.54, 1.807) is 7.11 Å². The van der Waals surface area contributed by atoms with Crippen molar-refractivity contribution in [2.24, 2.45) is 0 Å². The van der Waals surface area contributed by atoms with Crippen LogP contribution in [0.25, 0.3) is 11.4 Å². The first kappa shape index (κ1) is 15.9. The van der Waals surface area contributed by atoms with Gasteiger partial charge in [-0.3, -0.25) is 4.79 Å². The van der Waals surface area contributed by atoms with E-state index in [-0.39, 0.29) is 5.56 Å². The van der Waals surface area contributed by atoms with Crippen molar-refractivity contribution < 1.29 is 4.74 Å². The van der Waals surface area contributed by atoms with Crippen LogP contribution >= 0.6 is 15.9 Å². The van der Waals surface area contributed by atoms with Crippen molar-refractivity contribution in [3.63, 3.8) is 0 Å². The fourth-order valence-corrected chi connectivity index (χ4v) is 2.24. The van der Waals surface area contributed by atoms with Gasteiger partial charge in [0.25, 0.3) is 5.56 Å². The summed E-state index contributed by atoms with van der Waals surface area (Å²) >= 11 is 3.49. The van der Waals surface area contributed by atoms with Crippen LogP contribution in [-0.2, 0) is 11.3 Å². The van der Waals surface area contributed by atoms with Crippen LogP contribution in [0.4, 0.5) is 0 Å². The van der Waals surface area contributed by atoms with Crippen LogP contribution < -0.4 is 10.9 Å². The fourth-order valence-electron chi connectivity index (χ4n) is 1.87. The summed E-state index contributed by atoms with van der Waals surface area (Å²) in [6.45, 7) is 3.89. The summed E-state index contributed by atoms with van der Waals surface area (Å²) in [5.74, 6) is 0.576. The molecule has 0 amide bonds. The van der Waals surface area contributed by atoms with Crippen LogP contribution in [0.1, 0.15) is 11.3 Å². The summed E-state index contributed by atoms with van der Waals surface area (Å²) in [6.07, 6.45) is 0. The Labute approximate surface area is 131 Å². The first-order valence-electron chi connectivity index (χ1n) is 6.66. The molecule has 0 fully saturated rings. The van der Waals surface area contributed by atoms with E-state index in [9.17, 15) is 4.79 Å². The topological polar surface area (TPSA) is 67.0 Å². The highest BCUT2D eigenvalue weighted by Gasteiger charge is 2.06. The molecule has 1 aromatic carbocycles. The Morgan fingerprint density at radius 3 is 2.90 bits per heavy atom. The van der Waals surface area contributed by atoms with Crippen LogP contribution in [0.2, 0.25) is 0 Å². The molecule has 0 aliphatic heterocycles. The maximum atomic E-state index is 11.8. The monoisotopic (exact) mass is 351 g/mol. The molecule has 2 aromatic rings. The third kappa shape index (κ3) is 4.49. The number of rotatable bonds is 6. The Balaban J connectivity index is 2.21. The normalized spacial score (nSPS) is 10.8. The molecular formula is C15H18BrN3O2. The Hall–Kier alpha value is -1.50. The van der Waals surface area contributed by atoms with Crippen LogP contribution in [0.3, 0.4) is 0 Å². The van der Waals surface area contributed by atoms with Gasteiger partial charge in [-0.05, 0) is 18.6 Å². The van der Waals surface area contributed by atoms with Gasteiger partial charge in [-0.25, -0.2) is 4.98 Å². The van der Waals surface area contributed by atoms with Gasteiger partial charge < -0.3 is 15.0 Å². The quantitative estimate of drug-likeness (QED) is 0.783. The number of aromatic nitrogens is 2. The van der Waals surface area contributed by atoms with Crippen molar-refractivity contribution in [2.45, 2.75) is 13.5 Å². The minimum Gasteiger partial charge on any atom is -0.383 e. The third-order valence-corrected chi connectivity index (χ3v) is 3.88. The molecule has 0 aliphatic carbocycles. The van der Waals surface area contributed by atoms with Gasteiger partial charge in [-0.2, -0.15) is 0 Å². The lowest BCUT2D eigenvalue weighted by Gasteiger charge is -2.07. The standard InChI is InChI=1S/C15H18BrN3O2/c1-10-3-4-11(7-13(10)16)15-18-12(8-14(20)19-15)9-17-5-6-21-2/h3-4,7-8,17H,5-6,9H2,1-2H3,(H,18,19,20). The molecule has 5 nitrogen and oxygen atoms in total. The zero-order valence-electron chi connectivity index (χ0n) is 12.1. The number of hydrogen-bond donors (Lipinski definition) is 2. The molecule has 112 valence electrons. The van der Waals surface area contributed by atoms with Gasteiger partial charge in [-0.1, -0.05) is 28.1 Å². The fraction of sp³-hybridized carbons (Fsp3) is 0.333. The molecule has 0 bridgehead atoms. The lowest BCUT2D eigenvalue weighted by molar-refractivity contribution is 0.199. The molecule has 21 heavy (non-hydrogen) atoms. The van der Waals surface area contributed by atoms with Gasteiger partial charge >= 0.3 is 0 Å². The summed E-state index contributed by atoms with van der Waals surface area (Å²) in [7, 11) is 1.65. The van der Waals surface area contributed by atoms with Crippen LogP contribution in [0.15, 0.2) is 33.5 Å². The predicted octanol–water partition coefficient (Wildman–Crippen LogP) is 2.24. The van der Waals surface area contributed by atoms with Gasteiger partial charge in [0.05, 0.1) is 12.3 Å². The van der Waals surface area contributed by atoms with E-state index in [2.05, 4.69) is 31.2 Å². The van der Waals surface area contributed by atoms with Crippen molar-refractivity contribution in [1.82, 2.24) is 15.3 Å². The molecule has 1 heterocycles. The SMILES string of the molecule is COCCNCc1cc(=O)[nH]c(-c2ccc(C)c(Br)c2)n1. The molecule has 2 N–H and O–H groups in total. The molecular weight excluding hydrogens is 334 g/mol. The maximum Gasteiger partial charge on any atom is 0.251 e. The molecule has 0 saturated heterocycles. The van der Waals surface area contributed by atoms with Crippen molar-refractivity contribution in [1.29, 1.82) is 0 Å². The summed E-state index contributed by atoms with van der Waals surface area (Å²) in [5, 5.41) is 3.18. The van der Waals surface area contributed by atoms with Crippen molar-refractivity contribution >= 4 is 15.9 Å². The Morgan fingerprint density at radius 2 is 2.19 bits per heavy atom. The molecule has 0 aliphatic rings. The number of nitrogens with zero attached hydrogens (tertiary/aromatic N) is 1. The number of halogens is 1. The first-order chi connectivity index (χ1) is 10.1. The number of nitrogens with one attached hydrogen (secondary N) is 2. The van der Waals surface area contributed by atoms with E-state index in [1.807, 2.05) is 25.1 Å². The van der Waals surface area contributed by atoms with Crippen LogP contribution in [0, 0.1) is 6.92 Å². The molecule has 0 spiro atoms. The van der Waals surface area contributed by atoms with E-state index in [0.29, 0.717) is 24.7 Å². The van der Waals surface area contributed by atoms with Gasteiger partial charge in [-0.15, -0.1) is 0 Å². The number of benzene rings is 1. The summed E-state index contributed by atoms with van der Waals surface area (Å²) in [4.78, 5) is 19.0. The molecule has 0 radical (unpaired) electrons. The largest absolute Gasteiger partial charge is 0.383 e. The van der Waals surface area contributed by atoms with E-state index >= 15 is 0 Å². The summed E-state index contributed by atoms with van der Waals surface area (Å²) < 4.78 is 5.96. The number of ether oxygens (including phenoxy) is 1. The molecule has 2 rings (SSSR count). The van der Waals surface area contributed by atoms with E-state index in [4.69, 9.17) is 4.74 Å². The smallest absolute Gasteiger partial charge is 0.251 e. The van der Waals surface area contributed by atoms with E-state index in [1.165, 1.54) is 6.07 Å². The number of aromatic amines is 1. The molecule has 1 aromatic heterocycles. The molecule has 0 saturated carbocycles. The Bertz CT molecular complexity index is 670. The van der Waals surface area contributed by atoms with Crippen molar-refractivity contribution in [3.8, 4) is 11.4 Å². The number of hydrogen-bond acceptors (Lipinski definition) is 4. The maximum absolute atomic E-state index is 11.8. The average molecular weight is 352 g/mol. The zero-order chi connectivity index (χ0) is 15.2. The summed E-state index contributed by atoms with van der Waals surface area (Å²) in [5.41, 5.74) is 2.57. The average Bonchev–Trinajstić information content (AvgIpc) is 2.46. The molecule has 0 atom stereocenters. The zero-order valence-corrected chi connectivity index (χ0v) is 13.7. The second-order valence-electron chi connectivity index (χ2n) is 4.72. The predicted molar refractivity (Wildman–Crippen MR) is 86.3 cm³/mol. The van der Waals surface area contributed by atoms with Gasteiger partial charge in [0, 0.05) is 36.3 Å². The first-order valence-corrected chi connectivity index (χ1v) is 7.46. The number of aryl methyl sites for hydroxylation is 1. The second-order valence-corrected chi connectivity index (χ2v) is 5.57. The second kappa shape index (κ2) is 7.49. The highest BCUT2D eigenvalue weighted by molar-refractivity contribution is 9.10. The van der Waals surface area contributed by atoms with Gasteiger partial charge in [0.1, 0.15) is 5.82 Å². The lowest BCUT2D eigenvalue weighted by atomic mass is 10.1.